The van der Waals surface area contributed by atoms with Gasteiger partial charge in [0.2, 0.25) is 0 Å². The maximum atomic E-state index is 12.1. The standard InChI is InChI=1S/C19H21NO5/c1-19(2,11-14(21)10-17(22)23)25-18(24)12-20-16-9-5-7-13-6-3-4-8-15(13)16/h3-9,20H,10-12H2,1-2H3,(H,22,23). The monoisotopic (exact) mass is 343 g/mol. The van der Waals surface area contributed by atoms with Crippen LogP contribution in [0.4, 0.5) is 5.69 Å². The van der Waals surface area contributed by atoms with Crippen LogP contribution in [0.2, 0.25) is 0 Å². The van der Waals surface area contributed by atoms with E-state index < -0.39 is 29.7 Å². The van der Waals surface area contributed by atoms with Crippen molar-refractivity contribution in [3.05, 3.63) is 42.5 Å². The number of anilines is 1. The van der Waals surface area contributed by atoms with E-state index in [1.54, 1.807) is 13.8 Å². The number of rotatable bonds is 8. The van der Waals surface area contributed by atoms with E-state index in [-0.39, 0.29) is 13.0 Å². The number of carbonyl (C=O) groups is 3. The van der Waals surface area contributed by atoms with Gasteiger partial charge in [-0.25, -0.2) is 0 Å². The lowest BCUT2D eigenvalue weighted by molar-refractivity contribution is -0.156. The fourth-order valence-electron chi connectivity index (χ4n) is 2.63. The van der Waals surface area contributed by atoms with Crippen molar-refractivity contribution in [1.82, 2.24) is 0 Å². The van der Waals surface area contributed by atoms with E-state index in [4.69, 9.17) is 9.84 Å². The number of carbonyl (C=O) groups excluding carboxylic acids is 2. The van der Waals surface area contributed by atoms with Gasteiger partial charge in [-0.2, -0.15) is 0 Å². The zero-order chi connectivity index (χ0) is 18.4. The largest absolute Gasteiger partial charge is 0.481 e. The van der Waals surface area contributed by atoms with E-state index >= 15 is 0 Å². The molecule has 0 fully saturated rings. The van der Waals surface area contributed by atoms with Crippen molar-refractivity contribution in [2.45, 2.75) is 32.3 Å². The second kappa shape index (κ2) is 7.79. The number of esters is 1. The molecule has 0 aromatic heterocycles. The highest BCUT2D eigenvalue weighted by Crippen LogP contribution is 2.23. The quantitative estimate of drug-likeness (QED) is 0.565. The van der Waals surface area contributed by atoms with Gasteiger partial charge in [-0.15, -0.1) is 0 Å². The number of carboxylic acid groups (broad SMARTS) is 1. The Labute approximate surface area is 145 Å². The molecule has 0 aliphatic carbocycles. The average Bonchev–Trinajstić information content (AvgIpc) is 2.50. The third-order valence-corrected chi connectivity index (χ3v) is 3.57. The van der Waals surface area contributed by atoms with Gasteiger partial charge in [0.25, 0.3) is 0 Å². The molecule has 0 bridgehead atoms. The number of ether oxygens (including phenoxy) is 1. The maximum Gasteiger partial charge on any atom is 0.325 e. The third-order valence-electron chi connectivity index (χ3n) is 3.57. The number of hydrogen-bond donors (Lipinski definition) is 2. The molecule has 0 atom stereocenters. The van der Waals surface area contributed by atoms with Crippen molar-refractivity contribution in [1.29, 1.82) is 0 Å². The lowest BCUT2D eigenvalue weighted by atomic mass is 10.00. The molecule has 6 nitrogen and oxygen atoms in total. The minimum absolute atomic E-state index is 0.0510. The summed E-state index contributed by atoms with van der Waals surface area (Å²) >= 11 is 0. The molecule has 0 radical (unpaired) electrons. The molecule has 0 heterocycles. The Bertz CT molecular complexity index is 792. The molecule has 0 unspecified atom stereocenters. The van der Waals surface area contributed by atoms with Crippen molar-refractivity contribution in [2.75, 3.05) is 11.9 Å². The highest BCUT2D eigenvalue weighted by atomic mass is 16.6. The minimum Gasteiger partial charge on any atom is -0.481 e. The number of benzene rings is 2. The smallest absolute Gasteiger partial charge is 0.325 e. The molecule has 0 saturated carbocycles. The van der Waals surface area contributed by atoms with Gasteiger partial charge in [-0.05, 0) is 25.3 Å². The SMILES string of the molecule is CC(C)(CC(=O)CC(=O)O)OC(=O)CNc1cccc2ccccc12. The van der Waals surface area contributed by atoms with Crippen LogP contribution < -0.4 is 5.32 Å². The van der Waals surface area contributed by atoms with Crippen LogP contribution in [0.25, 0.3) is 10.8 Å². The summed E-state index contributed by atoms with van der Waals surface area (Å²) in [5.41, 5.74) is -0.237. The molecule has 0 saturated heterocycles. The second-order valence-electron chi connectivity index (χ2n) is 6.40. The van der Waals surface area contributed by atoms with Crippen molar-refractivity contribution >= 4 is 34.2 Å². The molecule has 0 spiro atoms. The molecule has 132 valence electrons. The molecular formula is C19H21NO5. The number of nitrogens with one attached hydrogen (secondary N) is 1. The predicted molar refractivity (Wildman–Crippen MR) is 94.5 cm³/mol. The first-order chi connectivity index (χ1) is 11.8. The Morgan fingerprint density at radius 1 is 1.08 bits per heavy atom. The number of aliphatic carboxylic acids is 1. The highest BCUT2D eigenvalue weighted by molar-refractivity contribution is 5.96. The van der Waals surface area contributed by atoms with Crippen LogP contribution >= 0.6 is 0 Å². The zero-order valence-electron chi connectivity index (χ0n) is 14.2. The fraction of sp³-hybridized carbons (Fsp3) is 0.316. The first-order valence-corrected chi connectivity index (χ1v) is 7.94. The Hall–Kier alpha value is -2.89. The van der Waals surface area contributed by atoms with E-state index in [1.165, 1.54) is 0 Å². The van der Waals surface area contributed by atoms with E-state index in [0.29, 0.717) is 0 Å². The Morgan fingerprint density at radius 2 is 1.76 bits per heavy atom. The molecule has 25 heavy (non-hydrogen) atoms. The molecule has 2 rings (SSSR count). The third kappa shape index (κ3) is 5.60. The van der Waals surface area contributed by atoms with E-state index in [9.17, 15) is 14.4 Å². The maximum absolute atomic E-state index is 12.1. The second-order valence-corrected chi connectivity index (χ2v) is 6.40. The van der Waals surface area contributed by atoms with E-state index in [2.05, 4.69) is 5.32 Å². The predicted octanol–water partition coefficient (Wildman–Crippen LogP) is 3.01. The topological polar surface area (TPSA) is 92.7 Å². The summed E-state index contributed by atoms with van der Waals surface area (Å²) in [6.07, 6.45) is -0.714. The molecule has 6 heteroatoms. The van der Waals surface area contributed by atoms with Crippen molar-refractivity contribution < 1.29 is 24.2 Å². The fourth-order valence-corrected chi connectivity index (χ4v) is 2.63. The zero-order valence-corrected chi connectivity index (χ0v) is 14.2. The van der Waals surface area contributed by atoms with Gasteiger partial charge in [-0.3, -0.25) is 14.4 Å². The molecular weight excluding hydrogens is 322 g/mol. The van der Waals surface area contributed by atoms with Crippen molar-refractivity contribution in [2.24, 2.45) is 0 Å². The normalized spacial score (nSPS) is 11.1. The first-order valence-electron chi connectivity index (χ1n) is 7.94. The number of hydrogen-bond acceptors (Lipinski definition) is 5. The van der Waals surface area contributed by atoms with Gasteiger partial charge >= 0.3 is 11.9 Å². The number of ketones is 1. The number of carboxylic acids is 1. The summed E-state index contributed by atoms with van der Waals surface area (Å²) in [6, 6.07) is 13.5. The van der Waals surface area contributed by atoms with Gasteiger partial charge in [0.15, 0.2) is 0 Å². The summed E-state index contributed by atoms with van der Waals surface area (Å²) in [5.74, 6) is -2.18. The molecule has 0 aliphatic rings. The van der Waals surface area contributed by atoms with E-state index in [1.807, 2.05) is 42.5 Å². The van der Waals surface area contributed by atoms with Gasteiger partial charge < -0.3 is 15.2 Å². The minimum atomic E-state index is -1.19. The van der Waals surface area contributed by atoms with Crippen molar-refractivity contribution in [3.63, 3.8) is 0 Å². The molecule has 2 aromatic carbocycles. The Morgan fingerprint density at radius 3 is 2.48 bits per heavy atom. The van der Waals surface area contributed by atoms with Gasteiger partial charge in [0.1, 0.15) is 24.3 Å². The molecule has 2 aromatic rings. The molecule has 2 N–H and O–H groups in total. The van der Waals surface area contributed by atoms with Crippen LogP contribution in [-0.4, -0.2) is 35.0 Å². The van der Waals surface area contributed by atoms with Gasteiger partial charge in [0, 0.05) is 17.5 Å². The summed E-state index contributed by atoms with van der Waals surface area (Å²) in [6.45, 7) is 3.12. The van der Waals surface area contributed by atoms with Crippen LogP contribution in [0.1, 0.15) is 26.7 Å². The van der Waals surface area contributed by atoms with E-state index in [0.717, 1.165) is 16.5 Å². The lowest BCUT2D eigenvalue weighted by Gasteiger charge is -2.24. The number of fused-ring (bicyclic) bond motifs is 1. The molecule has 0 amide bonds. The summed E-state index contributed by atoms with van der Waals surface area (Å²) in [7, 11) is 0. The van der Waals surface area contributed by atoms with Gasteiger partial charge in [0.05, 0.1) is 0 Å². The van der Waals surface area contributed by atoms with Crippen LogP contribution in [0, 0.1) is 0 Å². The highest BCUT2D eigenvalue weighted by Gasteiger charge is 2.27. The van der Waals surface area contributed by atoms with Crippen LogP contribution in [0.3, 0.4) is 0 Å². The van der Waals surface area contributed by atoms with Crippen LogP contribution in [0.5, 0.6) is 0 Å². The van der Waals surface area contributed by atoms with Crippen LogP contribution in [-0.2, 0) is 19.1 Å². The molecule has 0 aliphatic heterocycles. The summed E-state index contributed by atoms with van der Waals surface area (Å²) < 4.78 is 5.31. The average molecular weight is 343 g/mol. The van der Waals surface area contributed by atoms with Crippen molar-refractivity contribution in [3.8, 4) is 0 Å². The Balaban J connectivity index is 1.93. The number of Topliss-reactive ketones (excluding diaryl/α,β-unsaturated/α-hetero) is 1. The van der Waals surface area contributed by atoms with Crippen LogP contribution in [0.15, 0.2) is 42.5 Å². The Kier molecular flexibility index (Phi) is 5.75. The lowest BCUT2D eigenvalue weighted by Crippen LogP contribution is -2.34. The van der Waals surface area contributed by atoms with Gasteiger partial charge in [-0.1, -0.05) is 36.4 Å². The summed E-state index contributed by atoms with van der Waals surface area (Å²) in [5, 5.41) is 13.7. The summed E-state index contributed by atoms with van der Waals surface area (Å²) in [4.78, 5) is 34.2. The first kappa shape index (κ1) is 18.4.